The summed E-state index contributed by atoms with van der Waals surface area (Å²) in [4.78, 5) is 0. The first-order valence-corrected chi connectivity index (χ1v) is 9.77. The van der Waals surface area contributed by atoms with Crippen molar-refractivity contribution < 1.29 is 4.43 Å². The average Bonchev–Trinajstić information content (AvgIpc) is 2.20. The number of unbranched alkanes of at least 4 members (excludes halogenated alkanes) is 2. The highest BCUT2D eigenvalue weighted by atomic mass is 28.4. The van der Waals surface area contributed by atoms with E-state index in [0.717, 1.165) is 32.7 Å². The summed E-state index contributed by atoms with van der Waals surface area (Å²) in [7, 11) is -1.54. The minimum absolute atomic E-state index is 0.314. The third kappa shape index (κ3) is 7.92. The van der Waals surface area contributed by atoms with E-state index in [1.165, 1.54) is 12.8 Å². The molecule has 3 N–H and O–H groups in total. The van der Waals surface area contributed by atoms with Crippen LogP contribution in [0.5, 0.6) is 0 Å². The van der Waals surface area contributed by atoms with Crippen molar-refractivity contribution in [3.63, 3.8) is 0 Å². The molecular formula is C13H32N2OSi. The molecule has 3 nitrogen and oxygen atoms in total. The maximum Gasteiger partial charge on any atom is 0.192 e. The van der Waals surface area contributed by atoms with Crippen molar-refractivity contribution in [2.45, 2.75) is 58.2 Å². The molecule has 0 heterocycles. The molecule has 0 aromatic heterocycles. The molecule has 0 unspecified atom stereocenters. The predicted octanol–water partition coefficient (Wildman–Crippen LogP) is 2.73. The Hall–Kier alpha value is 0.0969. The quantitative estimate of drug-likeness (QED) is 0.495. The molecular weight excluding hydrogens is 228 g/mol. The standard InChI is InChI=1S/C13H32N2OSi/c1-13(2,3)17(4,5)16-12-11-15-10-8-6-7-9-14/h15H,6-12,14H2,1-5H3. The molecule has 104 valence electrons. The van der Waals surface area contributed by atoms with E-state index in [2.05, 4.69) is 39.2 Å². The van der Waals surface area contributed by atoms with Crippen LogP contribution in [-0.4, -0.2) is 34.6 Å². The van der Waals surface area contributed by atoms with Crippen LogP contribution in [0.4, 0.5) is 0 Å². The van der Waals surface area contributed by atoms with Crippen LogP contribution in [0, 0.1) is 0 Å². The van der Waals surface area contributed by atoms with E-state index in [-0.39, 0.29) is 0 Å². The molecule has 17 heavy (non-hydrogen) atoms. The molecule has 0 aromatic carbocycles. The summed E-state index contributed by atoms with van der Waals surface area (Å²) in [5, 5.41) is 3.74. The average molecular weight is 260 g/mol. The maximum atomic E-state index is 6.08. The molecule has 0 amide bonds. The lowest BCUT2D eigenvalue weighted by molar-refractivity contribution is 0.285. The fourth-order valence-electron chi connectivity index (χ4n) is 1.29. The van der Waals surface area contributed by atoms with Gasteiger partial charge in [0.25, 0.3) is 0 Å². The topological polar surface area (TPSA) is 47.3 Å². The summed E-state index contributed by atoms with van der Waals surface area (Å²) in [6, 6.07) is 0. The summed E-state index contributed by atoms with van der Waals surface area (Å²) >= 11 is 0. The summed E-state index contributed by atoms with van der Waals surface area (Å²) in [5.41, 5.74) is 5.44. The first-order chi connectivity index (χ1) is 7.81. The van der Waals surface area contributed by atoms with E-state index >= 15 is 0 Å². The van der Waals surface area contributed by atoms with Crippen LogP contribution in [0.15, 0.2) is 0 Å². The van der Waals surface area contributed by atoms with E-state index in [1.54, 1.807) is 0 Å². The van der Waals surface area contributed by atoms with Crippen LogP contribution in [0.25, 0.3) is 0 Å². The van der Waals surface area contributed by atoms with Crippen LogP contribution in [-0.2, 0) is 4.43 Å². The molecule has 0 spiro atoms. The highest BCUT2D eigenvalue weighted by Gasteiger charge is 2.36. The molecule has 0 rings (SSSR count). The van der Waals surface area contributed by atoms with Gasteiger partial charge in [-0.05, 0) is 44.1 Å². The number of hydrogen-bond donors (Lipinski definition) is 2. The lowest BCUT2D eigenvalue weighted by Crippen LogP contribution is -2.42. The molecule has 0 bridgehead atoms. The molecule has 0 saturated carbocycles. The second kappa shape index (κ2) is 8.24. The van der Waals surface area contributed by atoms with Gasteiger partial charge in [-0.1, -0.05) is 27.2 Å². The summed E-state index contributed by atoms with van der Waals surface area (Å²) in [6.07, 6.45) is 3.59. The van der Waals surface area contributed by atoms with Crippen molar-refractivity contribution in [1.29, 1.82) is 0 Å². The third-order valence-corrected chi connectivity index (χ3v) is 8.14. The third-order valence-electron chi connectivity index (χ3n) is 3.61. The molecule has 0 radical (unpaired) electrons. The van der Waals surface area contributed by atoms with Gasteiger partial charge in [-0.15, -0.1) is 0 Å². The van der Waals surface area contributed by atoms with E-state index in [1.807, 2.05) is 0 Å². The Morgan fingerprint density at radius 3 is 2.24 bits per heavy atom. The number of hydrogen-bond acceptors (Lipinski definition) is 3. The minimum atomic E-state index is -1.54. The highest BCUT2D eigenvalue weighted by molar-refractivity contribution is 6.74. The van der Waals surface area contributed by atoms with Crippen molar-refractivity contribution in [3.8, 4) is 0 Å². The second-order valence-electron chi connectivity index (χ2n) is 6.21. The van der Waals surface area contributed by atoms with Gasteiger partial charge in [0.15, 0.2) is 8.32 Å². The van der Waals surface area contributed by atoms with Crippen molar-refractivity contribution in [1.82, 2.24) is 5.32 Å². The molecule has 0 fully saturated rings. The Kier molecular flexibility index (Phi) is 8.29. The Morgan fingerprint density at radius 1 is 1.06 bits per heavy atom. The Bertz CT molecular complexity index is 190. The normalized spacial score (nSPS) is 13.1. The fraction of sp³-hybridized carbons (Fsp3) is 1.00. The van der Waals surface area contributed by atoms with Gasteiger partial charge in [0, 0.05) is 13.2 Å². The Labute approximate surface area is 109 Å². The van der Waals surface area contributed by atoms with Crippen LogP contribution in [0.2, 0.25) is 18.1 Å². The lowest BCUT2D eigenvalue weighted by Gasteiger charge is -2.36. The zero-order valence-corrected chi connectivity index (χ0v) is 13.4. The van der Waals surface area contributed by atoms with E-state index in [4.69, 9.17) is 10.2 Å². The van der Waals surface area contributed by atoms with Crippen LogP contribution < -0.4 is 11.1 Å². The minimum Gasteiger partial charge on any atom is -0.416 e. The molecule has 0 saturated heterocycles. The van der Waals surface area contributed by atoms with E-state index in [0.29, 0.717) is 5.04 Å². The van der Waals surface area contributed by atoms with Gasteiger partial charge in [-0.2, -0.15) is 0 Å². The zero-order valence-electron chi connectivity index (χ0n) is 12.4. The van der Waals surface area contributed by atoms with Crippen LogP contribution in [0.1, 0.15) is 40.0 Å². The van der Waals surface area contributed by atoms with E-state index in [9.17, 15) is 0 Å². The van der Waals surface area contributed by atoms with Gasteiger partial charge in [0.2, 0.25) is 0 Å². The summed E-state index contributed by atoms with van der Waals surface area (Å²) in [5.74, 6) is 0. The SMILES string of the molecule is CC(C)(C)[Si](C)(C)OCCNCCCCCN. The molecule has 0 aliphatic carbocycles. The summed E-state index contributed by atoms with van der Waals surface area (Å²) < 4.78 is 6.08. The number of nitrogens with one attached hydrogen (secondary N) is 1. The van der Waals surface area contributed by atoms with Gasteiger partial charge in [0.05, 0.1) is 0 Å². The Morgan fingerprint density at radius 2 is 1.71 bits per heavy atom. The predicted molar refractivity (Wildman–Crippen MR) is 78.9 cm³/mol. The summed E-state index contributed by atoms with van der Waals surface area (Å²) in [6.45, 7) is 15.1. The fourth-order valence-corrected chi connectivity index (χ4v) is 2.34. The zero-order chi connectivity index (χ0) is 13.4. The molecule has 0 aliphatic heterocycles. The molecule has 0 atom stereocenters. The second-order valence-corrected chi connectivity index (χ2v) is 11.0. The van der Waals surface area contributed by atoms with Gasteiger partial charge in [-0.3, -0.25) is 0 Å². The van der Waals surface area contributed by atoms with E-state index < -0.39 is 8.32 Å². The van der Waals surface area contributed by atoms with Gasteiger partial charge in [-0.25, -0.2) is 0 Å². The molecule has 0 aliphatic rings. The number of rotatable bonds is 9. The van der Waals surface area contributed by atoms with Gasteiger partial charge < -0.3 is 15.5 Å². The van der Waals surface area contributed by atoms with Gasteiger partial charge >= 0.3 is 0 Å². The first-order valence-electron chi connectivity index (χ1n) is 6.86. The smallest absolute Gasteiger partial charge is 0.192 e. The molecule has 0 aromatic rings. The first kappa shape index (κ1) is 17.1. The Balaban J connectivity index is 3.46. The van der Waals surface area contributed by atoms with Crippen LogP contribution in [0.3, 0.4) is 0 Å². The van der Waals surface area contributed by atoms with Gasteiger partial charge in [0.1, 0.15) is 0 Å². The lowest BCUT2D eigenvalue weighted by atomic mass is 10.2. The molecule has 4 heteroatoms. The number of nitrogens with two attached hydrogens (primary N) is 1. The maximum absolute atomic E-state index is 6.08. The van der Waals surface area contributed by atoms with Crippen LogP contribution >= 0.6 is 0 Å². The van der Waals surface area contributed by atoms with Crippen molar-refractivity contribution >= 4 is 8.32 Å². The monoisotopic (exact) mass is 260 g/mol. The highest BCUT2D eigenvalue weighted by Crippen LogP contribution is 2.36. The van der Waals surface area contributed by atoms with Crippen molar-refractivity contribution in [3.05, 3.63) is 0 Å². The van der Waals surface area contributed by atoms with Crippen molar-refractivity contribution in [2.75, 3.05) is 26.2 Å². The van der Waals surface area contributed by atoms with Crippen molar-refractivity contribution in [2.24, 2.45) is 5.73 Å². The largest absolute Gasteiger partial charge is 0.416 e.